The number of amides is 2. The zero-order valence-electron chi connectivity index (χ0n) is 13.8. The SMILES string of the molecule is O=C(O)CNC(=O)[C@H](Cc1ccc(F)cc1)NC(=O)c1ccc(F)cc1F. The van der Waals surface area contributed by atoms with E-state index in [2.05, 4.69) is 10.6 Å². The van der Waals surface area contributed by atoms with Crippen LogP contribution in [0.5, 0.6) is 0 Å². The van der Waals surface area contributed by atoms with Gasteiger partial charge in [0.05, 0.1) is 5.56 Å². The summed E-state index contributed by atoms with van der Waals surface area (Å²) in [6, 6.07) is 6.16. The van der Waals surface area contributed by atoms with Crippen molar-refractivity contribution in [3.63, 3.8) is 0 Å². The standard InChI is InChI=1S/C18H15F3N2O4/c19-11-3-1-10(2-4-11)7-15(18(27)22-9-16(24)25)23-17(26)13-6-5-12(20)8-14(13)21/h1-6,8,15H,7,9H2,(H,22,27)(H,23,26)(H,24,25)/t15-/m0/s1. The van der Waals surface area contributed by atoms with Crippen molar-refractivity contribution in [2.45, 2.75) is 12.5 Å². The van der Waals surface area contributed by atoms with Gasteiger partial charge in [-0.25, -0.2) is 13.2 Å². The number of carboxylic acid groups (broad SMARTS) is 1. The van der Waals surface area contributed by atoms with Crippen molar-refractivity contribution in [2.24, 2.45) is 0 Å². The van der Waals surface area contributed by atoms with Crippen molar-refractivity contribution in [3.8, 4) is 0 Å². The van der Waals surface area contributed by atoms with Crippen LogP contribution in [0.25, 0.3) is 0 Å². The van der Waals surface area contributed by atoms with E-state index in [0.29, 0.717) is 11.6 Å². The first kappa shape index (κ1) is 20.0. The lowest BCUT2D eigenvalue weighted by atomic mass is 10.0. The fourth-order valence-corrected chi connectivity index (χ4v) is 2.26. The molecular weight excluding hydrogens is 365 g/mol. The van der Waals surface area contributed by atoms with Gasteiger partial charge in [0, 0.05) is 12.5 Å². The Balaban J connectivity index is 2.19. The lowest BCUT2D eigenvalue weighted by Gasteiger charge is -2.18. The van der Waals surface area contributed by atoms with Crippen molar-refractivity contribution >= 4 is 17.8 Å². The molecule has 27 heavy (non-hydrogen) atoms. The van der Waals surface area contributed by atoms with Crippen molar-refractivity contribution in [1.82, 2.24) is 10.6 Å². The Kier molecular flexibility index (Phi) is 6.53. The highest BCUT2D eigenvalue weighted by Crippen LogP contribution is 2.11. The third-order valence-corrected chi connectivity index (χ3v) is 3.56. The molecule has 0 spiro atoms. The van der Waals surface area contributed by atoms with Gasteiger partial charge in [-0.1, -0.05) is 12.1 Å². The number of carboxylic acids is 1. The highest BCUT2D eigenvalue weighted by atomic mass is 19.1. The average Bonchev–Trinajstić information content (AvgIpc) is 2.60. The minimum Gasteiger partial charge on any atom is -0.480 e. The molecule has 0 aliphatic rings. The summed E-state index contributed by atoms with van der Waals surface area (Å²) in [6.45, 7) is -0.681. The fourth-order valence-electron chi connectivity index (χ4n) is 2.26. The number of benzene rings is 2. The summed E-state index contributed by atoms with van der Waals surface area (Å²) in [7, 11) is 0. The summed E-state index contributed by atoms with van der Waals surface area (Å²) in [5.41, 5.74) is -0.00158. The molecule has 2 aromatic rings. The molecule has 2 aromatic carbocycles. The van der Waals surface area contributed by atoms with E-state index < -0.39 is 53.4 Å². The Bertz CT molecular complexity index is 856. The predicted molar refractivity (Wildman–Crippen MR) is 88.4 cm³/mol. The number of hydrogen-bond acceptors (Lipinski definition) is 3. The number of halogens is 3. The van der Waals surface area contributed by atoms with Crippen LogP contribution in [0.2, 0.25) is 0 Å². The molecule has 0 fully saturated rings. The number of nitrogens with one attached hydrogen (secondary N) is 2. The van der Waals surface area contributed by atoms with Crippen LogP contribution in [0.3, 0.4) is 0 Å². The van der Waals surface area contributed by atoms with E-state index in [9.17, 15) is 27.6 Å². The van der Waals surface area contributed by atoms with E-state index >= 15 is 0 Å². The molecule has 6 nitrogen and oxygen atoms in total. The molecule has 0 saturated carbocycles. The van der Waals surface area contributed by atoms with E-state index in [4.69, 9.17) is 5.11 Å². The summed E-state index contributed by atoms with van der Waals surface area (Å²) in [6.07, 6.45) is -0.0969. The van der Waals surface area contributed by atoms with Crippen molar-refractivity contribution in [2.75, 3.05) is 6.54 Å². The molecular formula is C18H15F3N2O4. The summed E-state index contributed by atoms with van der Waals surface area (Å²) in [5, 5.41) is 13.1. The number of carbonyl (C=O) groups is 3. The lowest BCUT2D eigenvalue weighted by Crippen LogP contribution is -2.49. The van der Waals surface area contributed by atoms with Crippen molar-refractivity contribution in [1.29, 1.82) is 0 Å². The maximum atomic E-state index is 13.8. The Morgan fingerprint density at radius 2 is 1.59 bits per heavy atom. The second-order valence-corrected chi connectivity index (χ2v) is 5.59. The maximum absolute atomic E-state index is 13.8. The zero-order chi connectivity index (χ0) is 20.0. The zero-order valence-corrected chi connectivity index (χ0v) is 13.8. The van der Waals surface area contributed by atoms with E-state index in [1.54, 1.807) is 0 Å². The van der Waals surface area contributed by atoms with Gasteiger partial charge in [-0.15, -0.1) is 0 Å². The highest BCUT2D eigenvalue weighted by Gasteiger charge is 2.24. The lowest BCUT2D eigenvalue weighted by molar-refractivity contribution is -0.138. The van der Waals surface area contributed by atoms with Gasteiger partial charge < -0.3 is 15.7 Å². The van der Waals surface area contributed by atoms with Crippen LogP contribution in [-0.4, -0.2) is 35.5 Å². The monoisotopic (exact) mass is 380 g/mol. The minimum atomic E-state index is -1.29. The van der Waals surface area contributed by atoms with Crippen LogP contribution < -0.4 is 10.6 Å². The molecule has 0 aliphatic heterocycles. The molecule has 2 rings (SSSR count). The first-order valence-corrected chi connectivity index (χ1v) is 7.76. The third kappa shape index (κ3) is 5.84. The van der Waals surface area contributed by atoms with Gasteiger partial charge in [-0.2, -0.15) is 0 Å². The normalized spacial score (nSPS) is 11.5. The van der Waals surface area contributed by atoms with Crippen LogP contribution >= 0.6 is 0 Å². The van der Waals surface area contributed by atoms with Gasteiger partial charge in [-0.05, 0) is 29.8 Å². The second kappa shape index (κ2) is 8.84. The summed E-state index contributed by atoms with van der Waals surface area (Å²) in [4.78, 5) is 35.1. The van der Waals surface area contributed by atoms with Gasteiger partial charge >= 0.3 is 5.97 Å². The molecule has 2 amide bonds. The van der Waals surface area contributed by atoms with E-state index in [1.165, 1.54) is 12.1 Å². The summed E-state index contributed by atoms with van der Waals surface area (Å²) < 4.78 is 39.7. The van der Waals surface area contributed by atoms with Crippen LogP contribution in [0.15, 0.2) is 42.5 Å². The van der Waals surface area contributed by atoms with Gasteiger partial charge in [0.2, 0.25) is 5.91 Å². The molecule has 0 aromatic heterocycles. The Labute approximate surface area is 152 Å². The molecule has 0 radical (unpaired) electrons. The van der Waals surface area contributed by atoms with Crippen molar-refractivity contribution in [3.05, 3.63) is 71.0 Å². The van der Waals surface area contributed by atoms with Gasteiger partial charge in [0.1, 0.15) is 30.0 Å². The van der Waals surface area contributed by atoms with E-state index in [-0.39, 0.29) is 6.42 Å². The first-order valence-electron chi connectivity index (χ1n) is 7.76. The maximum Gasteiger partial charge on any atom is 0.322 e. The van der Waals surface area contributed by atoms with Gasteiger partial charge in [0.25, 0.3) is 5.91 Å². The molecule has 1 atom stereocenters. The summed E-state index contributed by atoms with van der Waals surface area (Å²) in [5.74, 6) is -5.57. The predicted octanol–water partition coefficient (Wildman–Crippen LogP) is 1.65. The molecule has 0 bridgehead atoms. The minimum absolute atomic E-state index is 0.0969. The molecule has 0 aliphatic carbocycles. The number of hydrogen-bond donors (Lipinski definition) is 3. The van der Waals surface area contributed by atoms with E-state index in [0.717, 1.165) is 24.3 Å². The Morgan fingerprint density at radius 3 is 2.19 bits per heavy atom. The van der Waals surface area contributed by atoms with Gasteiger partial charge in [0.15, 0.2) is 0 Å². The van der Waals surface area contributed by atoms with Crippen LogP contribution in [-0.2, 0) is 16.0 Å². The number of rotatable bonds is 7. The first-order chi connectivity index (χ1) is 12.8. The number of carbonyl (C=O) groups excluding carboxylic acids is 2. The largest absolute Gasteiger partial charge is 0.480 e. The number of aliphatic carboxylic acids is 1. The molecule has 0 heterocycles. The quantitative estimate of drug-likeness (QED) is 0.681. The topological polar surface area (TPSA) is 95.5 Å². The Morgan fingerprint density at radius 1 is 0.963 bits per heavy atom. The molecule has 0 unspecified atom stereocenters. The average molecular weight is 380 g/mol. The molecule has 9 heteroatoms. The van der Waals surface area contributed by atoms with E-state index in [1.807, 2.05) is 0 Å². The molecule has 142 valence electrons. The Hall–Kier alpha value is -3.36. The fraction of sp³-hybridized carbons (Fsp3) is 0.167. The second-order valence-electron chi connectivity index (χ2n) is 5.59. The van der Waals surface area contributed by atoms with Crippen molar-refractivity contribution < 1.29 is 32.7 Å². The third-order valence-electron chi connectivity index (χ3n) is 3.56. The highest BCUT2D eigenvalue weighted by molar-refractivity contribution is 5.98. The van der Waals surface area contributed by atoms with Crippen LogP contribution in [0, 0.1) is 17.5 Å². The van der Waals surface area contributed by atoms with Crippen LogP contribution in [0.1, 0.15) is 15.9 Å². The van der Waals surface area contributed by atoms with Crippen LogP contribution in [0.4, 0.5) is 13.2 Å². The molecule has 3 N–H and O–H groups in total. The smallest absolute Gasteiger partial charge is 0.322 e. The van der Waals surface area contributed by atoms with Gasteiger partial charge in [-0.3, -0.25) is 14.4 Å². The summed E-state index contributed by atoms with van der Waals surface area (Å²) >= 11 is 0. The molecule has 0 saturated heterocycles.